The summed E-state index contributed by atoms with van der Waals surface area (Å²) in [4.78, 5) is 15.5. The first kappa shape index (κ1) is 15.9. The Morgan fingerprint density at radius 3 is 2.72 bits per heavy atom. The molecule has 130 valence electrons. The van der Waals surface area contributed by atoms with Crippen molar-refractivity contribution >= 4 is 17.5 Å². The zero-order valence-corrected chi connectivity index (χ0v) is 14.2. The highest BCUT2D eigenvalue weighted by Gasteiger charge is 2.31. The lowest BCUT2D eigenvalue weighted by molar-refractivity contribution is 0.139. The van der Waals surface area contributed by atoms with Crippen molar-refractivity contribution < 1.29 is 13.9 Å². The average molecular weight is 340 g/mol. The molecule has 0 unspecified atom stereocenters. The lowest BCUT2D eigenvalue weighted by Crippen LogP contribution is -2.31. The van der Waals surface area contributed by atoms with Gasteiger partial charge in [0.15, 0.2) is 0 Å². The molecule has 2 aliphatic rings. The van der Waals surface area contributed by atoms with E-state index >= 15 is 0 Å². The van der Waals surface area contributed by atoms with E-state index < -0.39 is 6.09 Å². The Hall–Kier alpha value is -2.56. The standard InChI is InChI=1S/C20H21FN2O2/c1-2-17-13-23(20(24)25-17)16-7-8-19(18(21)11-16)22-10-9-14-5-3-4-6-15(14)12-22/h3-8,11,17H,2,9-10,12-13H2,1H3/t17-/m0/s1. The van der Waals surface area contributed by atoms with Crippen molar-refractivity contribution in [1.82, 2.24) is 0 Å². The van der Waals surface area contributed by atoms with Crippen molar-refractivity contribution in [3.05, 3.63) is 59.4 Å². The summed E-state index contributed by atoms with van der Waals surface area (Å²) in [5.41, 5.74) is 3.71. The summed E-state index contributed by atoms with van der Waals surface area (Å²) in [7, 11) is 0. The van der Waals surface area contributed by atoms with Crippen molar-refractivity contribution in [2.45, 2.75) is 32.4 Å². The third-order valence-corrected chi connectivity index (χ3v) is 5.04. The molecule has 0 bridgehead atoms. The number of halogens is 1. The van der Waals surface area contributed by atoms with E-state index in [0.29, 0.717) is 24.5 Å². The summed E-state index contributed by atoms with van der Waals surface area (Å²) in [5.74, 6) is -0.301. The summed E-state index contributed by atoms with van der Waals surface area (Å²) in [5, 5.41) is 0. The summed E-state index contributed by atoms with van der Waals surface area (Å²) in [6.07, 6.45) is 1.16. The first-order chi connectivity index (χ1) is 12.2. The fourth-order valence-corrected chi connectivity index (χ4v) is 3.57. The van der Waals surface area contributed by atoms with Crippen LogP contribution in [-0.4, -0.2) is 25.3 Å². The van der Waals surface area contributed by atoms with E-state index in [1.54, 1.807) is 12.1 Å². The minimum absolute atomic E-state index is 0.117. The largest absolute Gasteiger partial charge is 0.444 e. The van der Waals surface area contributed by atoms with Crippen molar-refractivity contribution in [3.8, 4) is 0 Å². The minimum Gasteiger partial charge on any atom is -0.444 e. The second-order valence-corrected chi connectivity index (χ2v) is 6.60. The molecule has 0 aliphatic carbocycles. The predicted molar refractivity (Wildman–Crippen MR) is 95.5 cm³/mol. The van der Waals surface area contributed by atoms with Gasteiger partial charge in [-0.3, -0.25) is 4.90 Å². The average Bonchev–Trinajstić information content (AvgIpc) is 3.02. The van der Waals surface area contributed by atoms with Crippen LogP contribution in [0.5, 0.6) is 0 Å². The van der Waals surface area contributed by atoms with Crippen LogP contribution >= 0.6 is 0 Å². The number of benzene rings is 2. The molecule has 25 heavy (non-hydrogen) atoms. The molecule has 1 fully saturated rings. The van der Waals surface area contributed by atoms with Crippen LogP contribution in [0.2, 0.25) is 0 Å². The second kappa shape index (κ2) is 6.39. The molecule has 1 atom stereocenters. The van der Waals surface area contributed by atoms with Gasteiger partial charge in [-0.1, -0.05) is 31.2 Å². The summed E-state index contributed by atoms with van der Waals surface area (Å²) in [6.45, 7) is 3.94. The van der Waals surface area contributed by atoms with E-state index in [2.05, 4.69) is 17.0 Å². The number of fused-ring (bicyclic) bond motifs is 1. The molecule has 0 radical (unpaired) electrons. The van der Waals surface area contributed by atoms with E-state index in [9.17, 15) is 9.18 Å². The monoisotopic (exact) mass is 340 g/mol. The Balaban J connectivity index is 1.56. The molecule has 2 aromatic carbocycles. The number of hydrogen-bond donors (Lipinski definition) is 0. The molecular weight excluding hydrogens is 319 g/mol. The molecule has 2 heterocycles. The molecule has 4 rings (SSSR count). The highest BCUT2D eigenvalue weighted by Crippen LogP contribution is 2.31. The molecule has 0 N–H and O–H groups in total. The van der Waals surface area contributed by atoms with Gasteiger partial charge in [0.1, 0.15) is 11.9 Å². The fourth-order valence-electron chi connectivity index (χ4n) is 3.57. The Kier molecular flexibility index (Phi) is 4.07. The van der Waals surface area contributed by atoms with Crippen LogP contribution in [0.3, 0.4) is 0 Å². The molecule has 2 aliphatic heterocycles. The maximum Gasteiger partial charge on any atom is 0.414 e. The maximum atomic E-state index is 14.7. The second-order valence-electron chi connectivity index (χ2n) is 6.60. The zero-order valence-electron chi connectivity index (χ0n) is 14.2. The van der Waals surface area contributed by atoms with Gasteiger partial charge >= 0.3 is 6.09 Å². The number of rotatable bonds is 3. The van der Waals surface area contributed by atoms with Crippen molar-refractivity contribution in [2.75, 3.05) is 22.9 Å². The lowest BCUT2D eigenvalue weighted by Gasteiger charge is -2.31. The van der Waals surface area contributed by atoms with Crippen LogP contribution in [0.4, 0.5) is 20.6 Å². The third-order valence-electron chi connectivity index (χ3n) is 5.04. The quantitative estimate of drug-likeness (QED) is 0.842. The Labute approximate surface area is 146 Å². The van der Waals surface area contributed by atoms with Crippen LogP contribution in [0.15, 0.2) is 42.5 Å². The van der Waals surface area contributed by atoms with Gasteiger partial charge in [-0.15, -0.1) is 0 Å². The smallest absolute Gasteiger partial charge is 0.414 e. The molecule has 1 amide bonds. The SMILES string of the molecule is CC[C@H]1CN(c2ccc(N3CCc4ccccc4C3)c(F)c2)C(=O)O1. The molecule has 5 heteroatoms. The van der Waals surface area contributed by atoms with Gasteiger partial charge in [-0.2, -0.15) is 0 Å². The predicted octanol–water partition coefficient (Wildman–Crippen LogP) is 4.12. The molecule has 0 aromatic heterocycles. The zero-order chi connectivity index (χ0) is 17.4. The highest BCUT2D eigenvalue weighted by atomic mass is 19.1. The number of hydrogen-bond acceptors (Lipinski definition) is 3. The molecule has 0 saturated carbocycles. The lowest BCUT2D eigenvalue weighted by atomic mass is 9.99. The number of anilines is 2. The van der Waals surface area contributed by atoms with Gasteiger partial charge in [-0.05, 0) is 42.2 Å². The van der Waals surface area contributed by atoms with Gasteiger partial charge in [0.05, 0.1) is 17.9 Å². The van der Waals surface area contributed by atoms with E-state index in [1.165, 1.54) is 22.1 Å². The summed E-state index contributed by atoms with van der Waals surface area (Å²) < 4.78 is 20.0. The first-order valence-electron chi connectivity index (χ1n) is 8.75. The number of carbonyl (C=O) groups is 1. The Morgan fingerprint density at radius 2 is 2.00 bits per heavy atom. The van der Waals surface area contributed by atoms with Crippen molar-refractivity contribution in [2.24, 2.45) is 0 Å². The van der Waals surface area contributed by atoms with Crippen molar-refractivity contribution in [1.29, 1.82) is 0 Å². The number of carbonyl (C=O) groups excluding carboxylic acids is 1. The molecular formula is C20H21FN2O2. The number of amides is 1. The molecule has 4 nitrogen and oxygen atoms in total. The summed E-state index contributed by atoms with van der Waals surface area (Å²) in [6, 6.07) is 13.3. The number of nitrogens with zero attached hydrogens (tertiary/aromatic N) is 2. The van der Waals surface area contributed by atoms with E-state index in [4.69, 9.17) is 4.74 Å². The van der Waals surface area contributed by atoms with Gasteiger partial charge < -0.3 is 9.64 Å². The normalized spacial score (nSPS) is 19.8. The van der Waals surface area contributed by atoms with Crippen LogP contribution < -0.4 is 9.80 Å². The van der Waals surface area contributed by atoms with Crippen LogP contribution in [-0.2, 0) is 17.7 Å². The van der Waals surface area contributed by atoms with E-state index in [0.717, 1.165) is 19.4 Å². The molecule has 2 aromatic rings. The Morgan fingerprint density at radius 1 is 1.20 bits per heavy atom. The van der Waals surface area contributed by atoms with Crippen LogP contribution in [0.25, 0.3) is 0 Å². The topological polar surface area (TPSA) is 32.8 Å². The van der Waals surface area contributed by atoms with Crippen molar-refractivity contribution in [3.63, 3.8) is 0 Å². The highest BCUT2D eigenvalue weighted by molar-refractivity contribution is 5.90. The van der Waals surface area contributed by atoms with Crippen LogP contribution in [0, 0.1) is 5.82 Å². The van der Waals surface area contributed by atoms with Crippen LogP contribution in [0.1, 0.15) is 24.5 Å². The molecule has 1 saturated heterocycles. The Bertz CT molecular complexity index is 808. The number of ether oxygens (including phenoxy) is 1. The fraction of sp³-hybridized carbons (Fsp3) is 0.350. The van der Waals surface area contributed by atoms with E-state index in [1.807, 2.05) is 19.1 Å². The number of cyclic esters (lactones) is 1. The minimum atomic E-state index is -0.397. The van der Waals surface area contributed by atoms with Gasteiger partial charge in [0.25, 0.3) is 0 Å². The first-order valence-corrected chi connectivity index (χ1v) is 8.75. The maximum absolute atomic E-state index is 14.7. The third kappa shape index (κ3) is 2.95. The van der Waals surface area contributed by atoms with Gasteiger partial charge in [0.2, 0.25) is 0 Å². The van der Waals surface area contributed by atoms with E-state index in [-0.39, 0.29) is 11.9 Å². The molecule has 0 spiro atoms. The summed E-state index contributed by atoms with van der Waals surface area (Å²) >= 11 is 0. The van der Waals surface area contributed by atoms with Gasteiger partial charge in [-0.25, -0.2) is 9.18 Å². The van der Waals surface area contributed by atoms with Gasteiger partial charge in [0, 0.05) is 13.1 Å².